The minimum atomic E-state index is 0.521. The van der Waals surface area contributed by atoms with E-state index in [4.69, 9.17) is 5.41 Å². The van der Waals surface area contributed by atoms with Crippen molar-refractivity contribution in [1.29, 1.82) is 5.41 Å². The van der Waals surface area contributed by atoms with Crippen molar-refractivity contribution in [2.45, 2.75) is 46.6 Å². The molecular weight excluding hydrogens is 136 g/mol. The first-order chi connectivity index (χ1) is 5.13. The summed E-state index contributed by atoms with van der Waals surface area (Å²) in [5.41, 5.74) is 0. The van der Waals surface area contributed by atoms with Gasteiger partial charge in [0, 0.05) is 12.6 Å². The lowest BCUT2D eigenvalue weighted by atomic mass is 10.2. The minimum absolute atomic E-state index is 0.521. The normalized spacial score (nSPS) is 12.7. The Morgan fingerprint density at radius 1 is 1.45 bits per heavy atom. The Morgan fingerprint density at radius 3 is 2.27 bits per heavy atom. The quantitative estimate of drug-likeness (QED) is 0.491. The standard InChI is InChI=1S/C9H20N2/c1-5-7-11(9(4)10)8(3)6-2/h8,10H,5-7H2,1-4H3. The number of hydrogen-bond acceptors (Lipinski definition) is 1. The van der Waals surface area contributed by atoms with Crippen molar-refractivity contribution in [3.63, 3.8) is 0 Å². The Hall–Kier alpha value is -0.530. The van der Waals surface area contributed by atoms with Gasteiger partial charge in [-0.1, -0.05) is 13.8 Å². The smallest absolute Gasteiger partial charge is 0.0928 e. The SMILES string of the molecule is CCCN(C(C)=N)C(C)CC. The first-order valence-corrected chi connectivity index (χ1v) is 4.45. The van der Waals surface area contributed by atoms with Crippen LogP contribution in [0.2, 0.25) is 0 Å². The van der Waals surface area contributed by atoms with Crippen LogP contribution in [0.1, 0.15) is 40.5 Å². The highest BCUT2D eigenvalue weighted by Crippen LogP contribution is 2.04. The molecule has 66 valence electrons. The third-order valence-corrected chi connectivity index (χ3v) is 2.02. The molecule has 0 aromatic heterocycles. The summed E-state index contributed by atoms with van der Waals surface area (Å²) in [4.78, 5) is 2.15. The zero-order chi connectivity index (χ0) is 8.85. The van der Waals surface area contributed by atoms with Gasteiger partial charge in [0.2, 0.25) is 0 Å². The van der Waals surface area contributed by atoms with Crippen LogP contribution in [-0.4, -0.2) is 23.3 Å². The van der Waals surface area contributed by atoms with Crippen molar-refractivity contribution in [3.8, 4) is 0 Å². The highest BCUT2D eigenvalue weighted by molar-refractivity contribution is 5.76. The molecule has 0 spiro atoms. The third kappa shape index (κ3) is 3.40. The second-order valence-corrected chi connectivity index (χ2v) is 3.04. The van der Waals surface area contributed by atoms with E-state index in [2.05, 4.69) is 25.7 Å². The molecule has 0 aliphatic heterocycles. The molecule has 0 bridgehead atoms. The molecule has 0 rings (SSSR count). The largest absolute Gasteiger partial charge is 0.358 e. The summed E-state index contributed by atoms with van der Waals surface area (Å²) in [5.74, 6) is 0.696. The Kier molecular flexibility index (Phi) is 4.92. The van der Waals surface area contributed by atoms with Crippen LogP contribution < -0.4 is 0 Å². The number of nitrogens with one attached hydrogen (secondary N) is 1. The van der Waals surface area contributed by atoms with Crippen molar-refractivity contribution >= 4 is 5.84 Å². The maximum absolute atomic E-state index is 7.51. The second kappa shape index (κ2) is 5.16. The molecule has 0 aliphatic rings. The summed E-state index contributed by atoms with van der Waals surface area (Å²) in [6.45, 7) is 9.37. The summed E-state index contributed by atoms with van der Waals surface area (Å²) in [6, 6.07) is 0.521. The molecule has 0 aromatic rings. The van der Waals surface area contributed by atoms with Gasteiger partial charge in [0.1, 0.15) is 0 Å². The van der Waals surface area contributed by atoms with E-state index in [9.17, 15) is 0 Å². The lowest BCUT2D eigenvalue weighted by Crippen LogP contribution is -2.36. The van der Waals surface area contributed by atoms with E-state index >= 15 is 0 Å². The Labute approximate surface area is 70.1 Å². The molecule has 0 radical (unpaired) electrons. The van der Waals surface area contributed by atoms with Gasteiger partial charge in [-0.3, -0.25) is 5.41 Å². The lowest BCUT2D eigenvalue weighted by Gasteiger charge is -2.28. The van der Waals surface area contributed by atoms with E-state index in [0.29, 0.717) is 11.9 Å². The van der Waals surface area contributed by atoms with E-state index in [0.717, 1.165) is 19.4 Å². The maximum atomic E-state index is 7.51. The summed E-state index contributed by atoms with van der Waals surface area (Å²) in [5, 5.41) is 7.51. The van der Waals surface area contributed by atoms with Crippen molar-refractivity contribution in [2.24, 2.45) is 0 Å². The molecule has 0 aromatic carbocycles. The molecule has 0 saturated carbocycles. The van der Waals surface area contributed by atoms with Crippen LogP contribution in [0, 0.1) is 5.41 Å². The molecule has 0 heterocycles. The number of hydrogen-bond donors (Lipinski definition) is 1. The molecule has 1 N–H and O–H groups in total. The highest BCUT2D eigenvalue weighted by Gasteiger charge is 2.10. The zero-order valence-corrected chi connectivity index (χ0v) is 8.15. The van der Waals surface area contributed by atoms with Gasteiger partial charge in [-0.15, -0.1) is 0 Å². The fourth-order valence-electron chi connectivity index (χ4n) is 1.18. The number of rotatable bonds is 4. The van der Waals surface area contributed by atoms with Gasteiger partial charge in [-0.05, 0) is 26.7 Å². The van der Waals surface area contributed by atoms with Crippen LogP contribution in [-0.2, 0) is 0 Å². The van der Waals surface area contributed by atoms with Gasteiger partial charge in [-0.25, -0.2) is 0 Å². The van der Waals surface area contributed by atoms with Crippen LogP contribution in [0.3, 0.4) is 0 Å². The van der Waals surface area contributed by atoms with E-state index in [1.807, 2.05) is 6.92 Å². The van der Waals surface area contributed by atoms with Gasteiger partial charge in [0.25, 0.3) is 0 Å². The van der Waals surface area contributed by atoms with Crippen molar-refractivity contribution < 1.29 is 0 Å². The fraction of sp³-hybridized carbons (Fsp3) is 0.889. The number of nitrogens with zero attached hydrogens (tertiary/aromatic N) is 1. The van der Waals surface area contributed by atoms with E-state index in [1.165, 1.54) is 0 Å². The molecule has 2 heteroatoms. The van der Waals surface area contributed by atoms with Gasteiger partial charge in [0.15, 0.2) is 0 Å². The third-order valence-electron chi connectivity index (χ3n) is 2.02. The van der Waals surface area contributed by atoms with Gasteiger partial charge in [-0.2, -0.15) is 0 Å². The van der Waals surface area contributed by atoms with Crippen LogP contribution >= 0.6 is 0 Å². The molecule has 0 aliphatic carbocycles. The molecule has 11 heavy (non-hydrogen) atoms. The van der Waals surface area contributed by atoms with Crippen molar-refractivity contribution in [2.75, 3.05) is 6.54 Å². The Bertz CT molecular complexity index is 121. The zero-order valence-electron chi connectivity index (χ0n) is 8.15. The average molecular weight is 156 g/mol. The predicted molar refractivity (Wildman–Crippen MR) is 50.2 cm³/mol. The predicted octanol–water partition coefficient (Wildman–Crippen LogP) is 2.49. The summed E-state index contributed by atoms with van der Waals surface area (Å²) in [6.07, 6.45) is 2.25. The van der Waals surface area contributed by atoms with Crippen LogP contribution in [0.25, 0.3) is 0 Å². The summed E-state index contributed by atoms with van der Waals surface area (Å²) in [7, 11) is 0. The molecule has 0 saturated heterocycles. The molecular formula is C9H20N2. The van der Waals surface area contributed by atoms with Crippen LogP contribution in [0.5, 0.6) is 0 Å². The first kappa shape index (κ1) is 10.5. The van der Waals surface area contributed by atoms with Gasteiger partial charge < -0.3 is 4.90 Å². The molecule has 0 fully saturated rings. The van der Waals surface area contributed by atoms with E-state index < -0.39 is 0 Å². The van der Waals surface area contributed by atoms with Crippen molar-refractivity contribution in [1.82, 2.24) is 4.90 Å². The molecule has 1 unspecified atom stereocenters. The van der Waals surface area contributed by atoms with Gasteiger partial charge >= 0.3 is 0 Å². The lowest BCUT2D eigenvalue weighted by molar-refractivity contribution is 0.318. The Balaban J connectivity index is 3.97. The molecule has 2 nitrogen and oxygen atoms in total. The molecule has 1 atom stereocenters. The monoisotopic (exact) mass is 156 g/mol. The second-order valence-electron chi connectivity index (χ2n) is 3.04. The maximum Gasteiger partial charge on any atom is 0.0928 e. The van der Waals surface area contributed by atoms with Crippen LogP contribution in [0.15, 0.2) is 0 Å². The summed E-state index contributed by atoms with van der Waals surface area (Å²) < 4.78 is 0. The fourth-order valence-corrected chi connectivity index (χ4v) is 1.18. The van der Waals surface area contributed by atoms with Gasteiger partial charge in [0.05, 0.1) is 5.84 Å². The molecule has 0 amide bonds. The minimum Gasteiger partial charge on any atom is -0.358 e. The van der Waals surface area contributed by atoms with Crippen LogP contribution in [0.4, 0.5) is 0 Å². The van der Waals surface area contributed by atoms with E-state index in [1.54, 1.807) is 0 Å². The van der Waals surface area contributed by atoms with E-state index in [-0.39, 0.29) is 0 Å². The first-order valence-electron chi connectivity index (χ1n) is 4.45. The number of amidine groups is 1. The summed E-state index contributed by atoms with van der Waals surface area (Å²) >= 11 is 0. The van der Waals surface area contributed by atoms with Crippen molar-refractivity contribution in [3.05, 3.63) is 0 Å². The topological polar surface area (TPSA) is 27.1 Å². The Morgan fingerprint density at radius 2 is 2.00 bits per heavy atom. The average Bonchev–Trinajstić information content (AvgIpc) is 1.98. The highest BCUT2D eigenvalue weighted by atomic mass is 15.2.